The molecule has 2 rings (SSSR count). The minimum Gasteiger partial charge on any atom is -0.258 e. The van der Waals surface area contributed by atoms with Crippen LogP contribution in [0.1, 0.15) is 0 Å². The van der Waals surface area contributed by atoms with Gasteiger partial charge in [-0.15, -0.1) is 5.10 Å². The van der Waals surface area contributed by atoms with Gasteiger partial charge in [-0.05, 0) is 11.3 Å². The molecule has 0 N–H and O–H groups in total. The van der Waals surface area contributed by atoms with Crippen molar-refractivity contribution in [2.24, 2.45) is 15.4 Å². The van der Waals surface area contributed by atoms with Gasteiger partial charge in [-0.25, -0.2) is 0 Å². The molecule has 0 amide bonds. The maximum absolute atomic E-state index is 10.3. The molecule has 2 aliphatic rings. The number of allylic oxidation sites excluding steroid dienone is 1. The molecule has 6 heteroatoms. The largest absolute Gasteiger partial charge is 0.268 e. The SMILES string of the molecule is O=[N+]([O-])C1=CC2N=NN=C2C=C1. The average Bonchev–Trinajstić information content (AvgIpc) is 2.49. The number of fused-ring (bicyclic) bond motifs is 1. The zero-order valence-electron chi connectivity index (χ0n) is 5.91. The van der Waals surface area contributed by atoms with Gasteiger partial charge >= 0.3 is 0 Å². The van der Waals surface area contributed by atoms with Gasteiger partial charge in [0.2, 0.25) is 0 Å². The summed E-state index contributed by atoms with van der Waals surface area (Å²) in [4.78, 5) is 9.86. The van der Waals surface area contributed by atoms with Gasteiger partial charge < -0.3 is 0 Å². The summed E-state index contributed by atoms with van der Waals surface area (Å²) in [6.45, 7) is 0. The number of nitrogens with zero attached hydrogens (tertiary/aromatic N) is 4. The molecule has 0 aromatic carbocycles. The highest BCUT2D eigenvalue weighted by atomic mass is 16.6. The lowest BCUT2D eigenvalue weighted by Crippen LogP contribution is -2.16. The normalized spacial score (nSPS) is 24.8. The van der Waals surface area contributed by atoms with Crippen LogP contribution in [0.4, 0.5) is 0 Å². The van der Waals surface area contributed by atoms with Crippen LogP contribution in [0.15, 0.2) is 39.4 Å². The third-order valence-electron chi connectivity index (χ3n) is 1.60. The standard InChI is InChI=1S/C6H4N4O2/c11-10(12)4-1-2-5-6(3-4)8-9-7-5/h1-3,6H. The maximum atomic E-state index is 10.3. The van der Waals surface area contributed by atoms with Crippen LogP contribution in [0.5, 0.6) is 0 Å². The first kappa shape index (κ1) is 6.84. The summed E-state index contributed by atoms with van der Waals surface area (Å²) >= 11 is 0. The van der Waals surface area contributed by atoms with E-state index in [1.165, 1.54) is 12.2 Å². The van der Waals surface area contributed by atoms with E-state index < -0.39 is 4.92 Å². The van der Waals surface area contributed by atoms with Crippen molar-refractivity contribution in [1.29, 1.82) is 0 Å². The molecule has 0 aromatic heterocycles. The van der Waals surface area contributed by atoms with Gasteiger partial charge in [0.25, 0.3) is 5.70 Å². The Morgan fingerprint density at radius 2 is 2.33 bits per heavy atom. The molecular formula is C6H4N4O2. The Morgan fingerprint density at radius 3 is 3.08 bits per heavy atom. The molecule has 0 spiro atoms. The Kier molecular flexibility index (Phi) is 1.33. The Hall–Kier alpha value is -1.85. The highest BCUT2D eigenvalue weighted by Crippen LogP contribution is 2.16. The van der Waals surface area contributed by atoms with Gasteiger partial charge in [0.1, 0.15) is 6.04 Å². The Bertz CT molecular complexity index is 353. The van der Waals surface area contributed by atoms with E-state index in [1.54, 1.807) is 6.08 Å². The second kappa shape index (κ2) is 2.33. The van der Waals surface area contributed by atoms with Gasteiger partial charge in [-0.2, -0.15) is 5.11 Å². The van der Waals surface area contributed by atoms with E-state index in [4.69, 9.17) is 0 Å². The summed E-state index contributed by atoms with van der Waals surface area (Å²) in [5, 5.41) is 21.1. The molecule has 0 aromatic rings. The Labute approximate surface area is 67.1 Å². The fourth-order valence-electron chi connectivity index (χ4n) is 1.01. The first-order valence-corrected chi connectivity index (χ1v) is 3.29. The van der Waals surface area contributed by atoms with E-state index in [0.717, 1.165) is 0 Å². The van der Waals surface area contributed by atoms with Crippen LogP contribution in [0.25, 0.3) is 0 Å². The van der Waals surface area contributed by atoms with Crippen molar-refractivity contribution in [3.8, 4) is 0 Å². The molecule has 12 heavy (non-hydrogen) atoms. The molecule has 0 bridgehead atoms. The third kappa shape index (κ3) is 0.931. The van der Waals surface area contributed by atoms with Crippen LogP contribution < -0.4 is 0 Å². The fraction of sp³-hybridized carbons (Fsp3) is 0.167. The number of hydrogen-bond acceptors (Lipinski definition) is 5. The maximum Gasteiger partial charge on any atom is 0.268 e. The van der Waals surface area contributed by atoms with Gasteiger partial charge in [-0.1, -0.05) is 0 Å². The predicted octanol–water partition coefficient (Wildman–Crippen LogP) is 0.907. The Morgan fingerprint density at radius 1 is 1.50 bits per heavy atom. The molecular weight excluding hydrogens is 160 g/mol. The molecule has 1 unspecified atom stereocenters. The smallest absolute Gasteiger partial charge is 0.258 e. The van der Waals surface area contributed by atoms with Crippen molar-refractivity contribution in [2.45, 2.75) is 6.04 Å². The lowest BCUT2D eigenvalue weighted by atomic mass is 10.1. The van der Waals surface area contributed by atoms with E-state index in [0.29, 0.717) is 5.71 Å². The topological polar surface area (TPSA) is 80.2 Å². The van der Waals surface area contributed by atoms with Crippen LogP contribution in [-0.2, 0) is 0 Å². The number of nitro groups is 1. The molecule has 0 saturated heterocycles. The minimum absolute atomic E-state index is 0.0415. The van der Waals surface area contributed by atoms with Gasteiger partial charge in [-0.3, -0.25) is 10.1 Å². The van der Waals surface area contributed by atoms with Crippen molar-refractivity contribution in [1.82, 2.24) is 0 Å². The number of hydrogen-bond donors (Lipinski definition) is 0. The highest BCUT2D eigenvalue weighted by Gasteiger charge is 2.23. The van der Waals surface area contributed by atoms with E-state index in [2.05, 4.69) is 15.4 Å². The van der Waals surface area contributed by atoms with Crippen LogP contribution >= 0.6 is 0 Å². The van der Waals surface area contributed by atoms with Gasteiger partial charge in [0, 0.05) is 12.2 Å². The lowest BCUT2D eigenvalue weighted by molar-refractivity contribution is -0.419. The first-order valence-electron chi connectivity index (χ1n) is 3.29. The summed E-state index contributed by atoms with van der Waals surface area (Å²) < 4.78 is 0. The molecule has 1 aliphatic heterocycles. The minimum atomic E-state index is -0.457. The molecule has 0 fully saturated rings. The van der Waals surface area contributed by atoms with Crippen molar-refractivity contribution in [3.05, 3.63) is 34.0 Å². The average molecular weight is 164 g/mol. The molecule has 0 radical (unpaired) electrons. The summed E-state index contributed by atoms with van der Waals surface area (Å²) in [7, 11) is 0. The van der Waals surface area contributed by atoms with Crippen LogP contribution in [0.2, 0.25) is 0 Å². The monoisotopic (exact) mass is 164 g/mol. The second-order valence-corrected chi connectivity index (χ2v) is 2.36. The summed E-state index contributed by atoms with van der Waals surface area (Å²) in [6, 6.07) is -0.351. The van der Waals surface area contributed by atoms with E-state index in [-0.39, 0.29) is 11.7 Å². The Balaban J connectivity index is 2.34. The summed E-state index contributed by atoms with van der Waals surface area (Å²) in [5.41, 5.74) is 0.695. The van der Waals surface area contributed by atoms with Gasteiger partial charge in [0.05, 0.1) is 10.6 Å². The zero-order chi connectivity index (χ0) is 8.55. The molecule has 60 valence electrons. The molecule has 0 saturated carbocycles. The quantitative estimate of drug-likeness (QED) is 0.426. The molecule has 1 aliphatic carbocycles. The van der Waals surface area contributed by atoms with Crippen LogP contribution in [0.3, 0.4) is 0 Å². The van der Waals surface area contributed by atoms with Crippen molar-refractivity contribution in [2.75, 3.05) is 0 Å². The molecule has 6 nitrogen and oxygen atoms in total. The van der Waals surface area contributed by atoms with Crippen molar-refractivity contribution < 1.29 is 4.92 Å². The third-order valence-corrected chi connectivity index (χ3v) is 1.60. The van der Waals surface area contributed by atoms with Crippen LogP contribution in [0, 0.1) is 10.1 Å². The van der Waals surface area contributed by atoms with Crippen LogP contribution in [-0.4, -0.2) is 16.7 Å². The number of rotatable bonds is 1. The molecule has 1 atom stereocenters. The summed E-state index contributed by atoms with van der Waals surface area (Å²) in [6.07, 6.45) is 4.38. The predicted molar refractivity (Wildman–Crippen MR) is 40.3 cm³/mol. The first-order chi connectivity index (χ1) is 5.77. The summed E-state index contributed by atoms with van der Waals surface area (Å²) in [5.74, 6) is 0. The second-order valence-electron chi connectivity index (χ2n) is 2.36. The zero-order valence-corrected chi connectivity index (χ0v) is 5.91. The van der Waals surface area contributed by atoms with Crippen molar-refractivity contribution >= 4 is 5.71 Å². The molecule has 1 heterocycles. The van der Waals surface area contributed by atoms with E-state index in [1.807, 2.05) is 0 Å². The van der Waals surface area contributed by atoms with E-state index in [9.17, 15) is 10.1 Å². The van der Waals surface area contributed by atoms with E-state index >= 15 is 0 Å². The van der Waals surface area contributed by atoms with Gasteiger partial charge in [0.15, 0.2) is 0 Å². The highest BCUT2D eigenvalue weighted by molar-refractivity contribution is 6.02. The fourth-order valence-corrected chi connectivity index (χ4v) is 1.01. The van der Waals surface area contributed by atoms with Crippen molar-refractivity contribution in [3.63, 3.8) is 0 Å². The lowest BCUT2D eigenvalue weighted by Gasteiger charge is -2.03.